The zero-order valence-electron chi connectivity index (χ0n) is 14.7. The minimum absolute atomic E-state index is 0.208. The van der Waals surface area contributed by atoms with Gasteiger partial charge < -0.3 is 5.32 Å². The van der Waals surface area contributed by atoms with Crippen molar-refractivity contribution in [2.24, 2.45) is 0 Å². The molecular weight excluding hydrogens is 348 g/mol. The fraction of sp³-hybridized carbons (Fsp3) is 0.350. The van der Waals surface area contributed by atoms with Crippen molar-refractivity contribution in [2.45, 2.75) is 36.6 Å². The van der Waals surface area contributed by atoms with E-state index in [9.17, 15) is 13.2 Å². The van der Waals surface area contributed by atoms with Gasteiger partial charge in [-0.25, -0.2) is 8.42 Å². The van der Waals surface area contributed by atoms with Crippen molar-refractivity contribution in [3.8, 4) is 0 Å². The van der Waals surface area contributed by atoms with Crippen LogP contribution < -0.4 is 5.32 Å². The Labute approximate surface area is 155 Å². The SMILES string of the molecule is O=C(NCCc1ccccc1)[C@H]1CCCCN1S(=O)(=O)c1ccccc1. The van der Waals surface area contributed by atoms with Crippen molar-refractivity contribution in [3.05, 3.63) is 66.2 Å². The molecule has 138 valence electrons. The lowest BCUT2D eigenvalue weighted by atomic mass is 10.0. The Morgan fingerprint density at radius 2 is 1.65 bits per heavy atom. The Balaban J connectivity index is 1.67. The van der Waals surface area contributed by atoms with Crippen LogP contribution in [0.3, 0.4) is 0 Å². The number of hydrogen-bond acceptors (Lipinski definition) is 3. The maximum absolute atomic E-state index is 12.9. The van der Waals surface area contributed by atoms with Gasteiger partial charge in [0, 0.05) is 13.1 Å². The number of sulfonamides is 1. The van der Waals surface area contributed by atoms with Gasteiger partial charge in [0.25, 0.3) is 0 Å². The van der Waals surface area contributed by atoms with E-state index in [4.69, 9.17) is 0 Å². The summed E-state index contributed by atoms with van der Waals surface area (Å²) in [7, 11) is -3.66. The van der Waals surface area contributed by atoms with Gasteiger partial charge in [-0.1, -0.05) is 55.0 Å². The molecule has 1 aliphatic rings. The molecule has 1 saturated heterocycles. The normalized spacial score (nSPS) is 18.4. The van der Waals surface area contributed by atoms with Gasteiger partial charge in [0.1, 0.15) is 6.04 Å². The number of nitrogens with one attached hydrogen (secondary N) is 1. The van der Waals surface area contributed by atoms with E-state index in [1.54, 1.807) is 30.3 Å². The molecule has 1 aliphatic heterocycles. The van der Waals surface area contributed by atoms with Crippen LogP contribution in [0.1, 0.15) is 24.8 Å². The molecule has 0 bridgehead atoms. The van der Waals surface area contributed by atoms with Crippen molar-refractivity contribution in [3.63, 3.8) is 0 Å². The van der Waals surface area contributed by atoms with E-state index < -0.39 is 16.1 Å². The number of rotatable bonds is 6. The van der Waals surface area contributed by atoms with Crippen LogP contribution in [-0.4, -0.2) is 37.8 Å². The minimum Gasteiger partial charge on any atom is -0.354 e. The van der Waals surface area contributed by atoms with Crippen LogP contribution in [0.2, 0.25) is 0 Å². The molecular formula is C20H24N2O3S. The molecule has 1 amide bonds. The molecule has 1 atom stereocenters. The van der Waals surface area contributed by atoms with Gasteiger partial charge in [-0.3, -0.25) is 4.79 Å². The molecule has 2 aromatic carbocycles. The number of benzene rings is 2. The number of piperidine rings is 1. The first-order valence-electron chi connectivity index (χ1n) is 8.97. The molecule has 2 aromatic rings. The van der Waals surface area contributed by atoms with Crippen molar-refractivity contribution in [2.75, 3.05) is 13.1 Å². The second-order valence-corrected chi connectivity index (χ2v) is 8.36. The van der Waals surface area contributed by atoms with E-state index in [0.29, 0.717) is 19.5 Å². The summed E-state index contributed by atoms with van der Waals surface area (Å²) >= 11 is 0. The first-order valence-corrected chi connectivity index (χ1v) is 10.4. The summed E-state index contributed by atoms with van der Waals surface area (Å²) in [4.78, 5) is 12.9. The number of nitrogens with zero attached hydrogens (tertiary/aromatic N) is 1. The molecule has 1 heterocycles. The van der Waals surface area contributed by atoms with Crippen LogP contribution in [0.25, 0.3) is 0 Å². The first-order chi connectivity index (χ1) is 12.6. The third kappa shape index (κ3) is 4.31. The molecule has 0 aromatic heterocycles. The van der Waals surface area contributed by atoms with E-state index in [1.165, 1.54) is 4.31 Å². The Bertz CT molecular complexity index is 823. The molecule has 0 spiro atoms. The Kier molecular flexibility index (Phi) is 6.06. The van der Waals surface area contributed by atoms with Crippen molar-refractivity contribution in [1.82, 2.24) is 9.62 Å². The largest absolute Gasteiger partial charge is 0.354 e. The average molecular weight is 372 g/mol. The van der Waals surface area contributed by atoms with Gasteiger partial charge in [0.2, 0.25) is 15.9 Å². The molecule has 0 aliphatic carbocycles. The van der Waals surface area contributed by atoms with Gasteiger partial charge in [-0.15, -0.1) is 0 Å². The van der Waals surface area contributed by atoms with Crippen molar-refractivity contribution < 1.29 is 13.2 Å². The van der Waals surface area contributed by atoms with Crippen LogP contribution in [0.4, 0.5) is 0 Å². The highest BCUT2D eigenvalue weighted by Crippen LogP contribution is 2.25. The highest BCUT2D eigenvalue weighted by molar-refractivity contribution is 7.89. The van der Waals surface area contributed by atoms with Gasteiger partial charge >= 0.3 is 0 Å². The minimum atomic E-state index is -3.66. The lowest BCUT2D eigenvalue weighted by Crippen LogP contribution is -2.52. The second kappa shape index (κ2) is 8.47. The Morgan fingerprint density at radius 1 is 1.00 bits per heavy atom. The van der Waals surface area contributed by atoms with E-state index in [-0.39, 0.29) is 10.8 Å². The van der Waals surface area contributed by atoms with Gasteiger partial charge in [-0.2, -0.15) is 4.31 Å². The molecule has 5 nitrogen and oxygen atoms in total. The fourth-order valence-corrected chi connectivity index (χ4v) is 4.95. The maximum atomic E-state index is 12.9. The summed E-state index contributed by atoms with van der Waals surface area (Å²) in [5.74, 6) is -0.208. The maximum Gasteiger partial charge on any atom is 0.243 e. The molecule has 1 N–H and O–H groups in total. The summed E-state index contributed by atoms with van der Waals surface area (Å²) in [6.07, 6.45) is 2.92. The van der Waals surface area contributed by atoms with Gasteiger partial charge in [0.05, 0.1) is 4.90 Å². The summed E-state index contributed by atoms with van der Waals surface area (Å²) < 4.78 is 27.3. The third-order valence-electron chi connectivity index (χ3n) is 4.66. The number of carbonyl (C=O) groups excluding carboxylic acids is 1. The van der Waals surface area contributed by atoms with Crippen LogP contribution in [0, 0.1) is 0 Å². The van der Waals surface area contributed by atoms with E-state index in [0.717, 1.165) is 24.8 Å². The average Bonchev–Trinajstić information content (AvgIpc) is 2.69. The molecule has 0 saturated carbocycles. The van der Waals surface area contributed by atoms with Gasteiger partial charge in [-0.05, 0) is 37.0 Å². The zero-order chi connectivity index (χ0) is 18.4. The van der Waals surface area contributed by atoms with Crippen molar-refractivity contribution in [1.29, 1.82) is 0 Å². The quantitative estimate of drug-likeness (QED) is 0.848. The predicted octanol–water partition coefficient (Wildman–Crippen LogP) is 2.59. The summed E-state index contributed by atoms with van der Waals surface area (Å²) in [5, 5.41) is 2.91. The van der Waals surface area contributed by atoms with E-state index in [1.807, 2.05) is 30.3 Å². The topological polar surface area (TPSA) is 66.5 Å². The van der Waals surface area contributed by atoms with Crippen LogP contribution in [0.15, 0.2) is 65.6 Å². The smallest absolute Gasteiger partial charge is 0.243 e. The van der Waals surface area contributed by atoms with Gasteiger partial charge in [0.15, 0.2) is 0 Å². The highest BCUT2D eigenvalue weighted by Gasteiger charge is 2.37. The zero-order valence-corrected chi connectivity index (χ0v) is 15.5. The summed E-state index contributed by atoms with van der Waals surface area (Å²) in [6.45, 7) is 0.882. The highest BCUT2D eigenvalue weighted by atomic mass is 32.2. The lowest BCUT2D eigenvalue weighted by molar-refractivity contribution is -0.125. The molecule has 0 unspecified atom stereocenters. The van der Waals surface area contributed by atoms with E-state index in [2.05, 4.69) is 5.32 Å². The van der Waals surface area contributed by atoms with Crippen LogP contribution in [0.5, 0.6) is 0 Å². The third-order valence-corrected chi connectivity index (χ3v) is 6.58. The lowest BCUT2D eigenvalue weighted by Gasteiger charge is -2.33. The first kappa shape index (κ1) is 18.6. The second-order valence-electron chi connectivity index (χ2n) is 6.47. The summed E-state index contributed by atoms with van der Waals surface area (Å²) in [6, 6.07) is 17.6. The van der Waals surface area contributed by atoms with Crippen LogP contribution in [-0.2, 0) is 21.2 Å². The van der Waals surface area contributed by atoms with E-state index >= 15 is 0 Å². The fourth-order valence-electron chi connectivity index (χ4n) is 3.28. The predicted molar refractivity (Wildman–Crippen MR) is 101 cm³/mol. The molecule has 26 heavy (non-hydrogen) atoms. The molecule has 6 heteroatoms. The summed E-state index contributed by atoms with van der Waals surface area (Å²) in [5.41, 5.74) is 1.14. The molecule has 1 fully saturated rings. The number of hydrogen-bond donors (Lipinski definition) is 1. The number of amides is 1. The monoisotopic (exact) mass is 372 g/mol. The Hall–Kier alpha value is -2.18. The van der Waals surface area contributed by atoms with Crippen molar-refractivity contribution >= 4 is 15.9 Å². The Morgan fingerprint density at radius 3 is 2.35 bits per heavy atom. The number of carbonyl (C=O) groups is 1. The van der Waals surface area contributed by atoms with Crippen LogP contribution >= 0.6 is 0 Å². The molecule has 0 radical (unpaired) electrons. The standard InChI is InChI=1S/C20H24N2O3S/c23-20(21-15-14-17-9-3-1-4-10-17)19-13-7-8-16-22(19)26(24,25)18-11-5-2-6-12-18/h1-6,9-12,19H,7-8,13-16H2,(H,21,23)/t19-/m1/s1. The molecule has 3 rings (SSSR count).